The zero-order valence-corrected chi connectivity index (χ0v) is 24.8. The van der Waals surface area contributed by atoms with Gasteiger partial charge in [-0.15, -0.1) is 18.3 Å². The molecule has 208 valence electrons. The molecule has 0 aromatic heterocycles. The van der Waals surface area contributed by atoms with E-state index in [0.29, 0.717) is 0 Å². The van der Waals surface area contributed by atoms with Gasteiger partial charge in [0.15, 0.2) is 15.4 Å². The first-order valence-corrected chi connectivity index (χ1v) is 14.5. The highest BCUT2D eigenvalue weighted by Gasteiger charge is 2.68. The Morgan fingerprint density at radius 1 is 1.11 bits per heavy atom. The summed E-state index contributed by atoms with van der Waals surface area (Å²) in [4.78, 5) is 46.4. The van der Waals surface area contributed by atoms with Gasteiger partial charge in [0, 0.05) is 5.75 Å². The average Bonchev–Trinajstić information content (AvgIpc) is 3.06. The fraction of sp³-hybridized carbons (Fsp3) is 0.579. The van der Waals surface area contributed by atoms with Crippen molar-refractivity contribution in [2.24, 2.45) is 5.92 Å². The van der Waals surface area contributed by atoms with Crippen LogP contribution in [0.1, 0.15) is 13.3 Å². The van der Waals surface area contributed by atoms with Gasteiger partial charge in [-0.1, -0.05) is 87.4 Å². The lowest BCUT2D eigenvalue weighted by Gasteiger charge is -2.54. The van der Waals surface area contributed by atoms with Gasteiger partial charge in [0.25, 0.3) is 0 Å². The van der Waals surface area contributed by atoms with Crippen molar-refractivity contribution in [2.45, 2.75) is 45.1 Å². The fourth-order valence-corrected chi connectivity index (χ4v) is 6.87. The second kappa shape index (κ2) is 14.2. The smallest absolute Gasteiger partial charge is 0.477 e. The number of carbonyl (C=O) groups is 4. The molecule has 0 spiro atoms. The number of alkyl halides is 6. The fourth-order valence-electron chi connectivity index (χ4n) is 3.44. The molecule has 2 aliphatic rings. The molecule has 1 N–H and O–H groups in total. The lowest BCUT2D eigenvalue weighted by Crippen LogP contribution is -2.70. The molecule has 0 saturated carbocycles. The summed E-state index contributed by atoms with van der Waals surface area (Å²) in [5.74, 6) is -2.77. The summed E-state index contributed by atoms with van der Waals surface area (Å²) in [7, 11) is 0. The summed E-state index contributed by atoms with van der Waals surface area (Å²) in [6.45, 7) is 4.97. The number of thioether (sulfide) groups is 2. The van der Waals surface area contributed by atoms with Crippen LogP contribution in [0.4, 0.5) is 9.59 Å². The molecule has 37 heavy (non-hydrogen) atoms. The maximum atomic E-state index is 13.1. The summed E-state index contributed by atoms with van der Waals surface area (Å²) in [6, 6.07) is 0. The van der Waals surface area contributed by atoms with E-state index < -0.39 is 61.9 Å². The first kappa shape index (κ1) is 32.6. The minimum absolute atomic E-state index is 0.108. The standard InChI is InChI=1S/C19H19Cl6NO9S2/c1-3-4-19-8(7(2)33-18(31)35-13(25)11(22)23)14(27)26(19)9(15(28)29)16(37-19)36-6-5-32-17(30)34-12(24)10(20)21/h3,7-8,10-13H,1,4-6H2,2H3,(H,28,29)/t7?,8-,12?,13?,19-/m0/s1. The molecule has 1 fully saturated rings. The number of hydrogen-bond donors (Lipinski definition) is 1. The predicted molar refractivity (Wildman–Crippen MR) is 142 cm³/mol. The largest absolute Gasteiger partial charge is 0.510 e. The number of β-lactam (4-membered cyclic amide) rings is 1. The molecule has 0 bridgehead atoms. The van der Waals surface area contributed by atoms with Crippen LogP contribution >= 0.6 is 93.1 Å². The van der Waals surface area contributed by atoms with Crippen LogP contribution in [0.25, 0.3) is 0 Å². The van der Waals surface area contributed by atoms with Crippen molar-refractivity contribution in [2.75, 3.05) is 12.4 Å². The second-order valence-corrected chi connectivity index (χ2v) is 13.0. The number of fused-ring (bicyclic) bond motifs is 1. The van der Waals surface area contributed by atoms with Gasteiger partial charge in [-0.25, -0.2) is 14.4 Å². The molecule has 2 aliphatic heterocycles. The lowest BCUT2D eigenvalue weighted by atomic mass is 9.80. The average molecular weight is 682 g/mol. The number of aliphatic carboxylic acids is 1. The molecular weight excluding hydrogens is 663 g/mol. The molecule has 10 nitrogen and oxygen atoms in total. The van der Waals surface area contributed by atoms with Crippen molar-refractivity contribution in [3.63, 3.8) is 0 Å². The zero-order chi connectivity index (χ0) is 28.1. The number of ether oxygens (including phenoxy) is 4. The Bertz CT molecular complexity index is 955. The SMILES string of the molecule is C=CC[C@@]12SC(SCCOC(=O)OC(Cl)C(Cl)Cl)=C(C(=O)O)N1C(=O)[C@@H]2C(C)OC(=O)OC(Cl)C(Cl)Cl. The Hall–Kier alpha value is -0.600. The number of halogens is 6. The second-order valence-electron chi connectivity index (χ2n) is 7.16. The number of carboxylic acids is 1. The highest BCUT2D eigenvalue weighted by atomic mass is 35.5. The Balaban J connectivity index is 2.09. The van der Waals surface area contributed by atoms with Gasteiger partial charge in [-0.3, -0.25) is 9.69 Å². The predicted octanol–water partition coefficient (Wildman–Crippen LogP) is 5.88. The Labute approximate surface area is 250 Å². The third kappa shape index (κ3) is 7.75. The van der Waals surface area contributed by atoms with Crippen molar-refractivity contribution in [1.82, 2.24) is 4.90 Å². The monoisotopic (exact) mass is 679 g/mol. The summed E-state index contributed by atoms with van der Waals surface area (Å²) < 4.78 is 19.7. The van der Waals surface area contributed by atoms with Crippen LogP contribution < -0.4 is 0 Å². The summed E-state index contributed by atoms with van der Waals surface area (Å²) in [5, 5.41) is 9.83. The van der Waals surface area contributed by atoms with E-state index in [-0.39, 0.29) is 28.7 Å². The third-order valence-corrected chi connectivity index (χ3v) is 9.66. The molecule has 1 amide bonds. The maximum absolute atomic E-state index is 13.1. The topological polar surface area (TPSA) is 129 Å². The van der Waals surface area contributed by atoms with Crippen molar-refractivity contribution in [3.8, 4) is 0 Å². The van der Waals surface area contributed by atoms with Crippen LogP contribution in [0.5, 0.6) is 0 Å². The van der Waals surface area contributed by atoms with E-state index in [1.807, 2.05) is 0 Å². The summed E-state index contributed by atoms with van der Waals surface area (Å²) >= 11 is 35.5. The number of hydrogen-bond acceptors (Lipinski definition) is 10. The van der Waals surface area contributed by atoms with Crippen molar-refractivity contribution in [1.29, 1.82) is 0 Å². The van der Waals surface area contributed by atoms with E-state index in [1.165, 1.54) is 13.0 Å². The van der Waals surface area contributed by atoms with Gasteiger partial charge in [0.2, 0.25) is 17.0 Å². The van der Waals surface area contributed by atoms with E-state index in [9.17, 15) is 24.3 Å². The van der Waals surface area contributed by atoms with Gasteiger partial charge >= 0.3 is 18.3 Å². The molecule has 1 saturated heterocycles. The number of carbonyl (C=O) groups excluding carboxylic acids is 3. The van der Waals surface area contributed by atoms with Crippen LogP contribution in [-0.2, 0) is 28.5 Å². The van der Waals surface area contributed by atoms with Crippen LogP contribution in [0.2, 0.25) is 0 Å². The van der Waals surface area contributed by atoms with E-state index in [4.69, 9.17) is 83.8 Å². The minimum Gasteiger partial charge on any atom is -0.477 e. The van der Waals surface area contributed by atoms with Crippen LogP contribution in [0, 0.1) is 5.92 Å². The molecule has 2 heterocycles. The van der Waals surface area contributed by atoms with E-state index in [0.717, 1.165) is 28.4 Å². The molecule has 3 unspecified atom stereocenters. The maximum Gasteiger partial charge on any atom is 0.510 e. The molecule has 0 aromatic carbocycles. The molecule has 0 radical (unpaired) electrons. The van der Waals surface area contributed by atoms with Crippen molar-refractivity contribution >= 4 is 117 Å². The normalized spacial score (nSPS) is 23.2. The minimum atomic E-state index is -1.39. The quantitative estimate of drug-likeness (QED) is 0.0822. The van der Waals surface area contributed by atoms with E-state index in [2.05, 4.69) is 11.3 Å². The summed E-state index contributed by atoms with van der Waals surface area (Å²) in [6.07, 6.45) is -1.68. The first-order chi connectivity index (χ1) is 17.3. The van der Waals surface area contributed by atoms with E-state index in [1.54, 1.807) is 0 Å². The van der Waals surface area contributed by atoms with E-state index >= 15 is 0 Å². The van der Waals surface area contributed by atoms with Gasteiger partial charge in [-0.2, -0.15) is 0 Å². The number of carboxylic acid groups (broad SMARTS) is 1. The molecule has 0 aliphatic carbocycles. The van der Waals surface area contributed by atoms with Gasteiger partial charge in [0.05, 0.1) is 4.24 Å². The molecular formula is C19H19Cl6NO9S2. The van der Waals surface area contributed by atoms with Gasteiger partial charge in [0.1, 0.15) is 23.5 Å². The molecule has 2 rings (SSSR count). The highest BCUT2D eigenvalue weighted by molar-refractivity contribution is 8.23. The van der Waals surface area contributed by atoms with Crippen LogP contribution in [0.15, 0.2) is 22.6 Å². The Kier molecular flexibility index (Phi) is 12.5. The Morgan fingerprint density at radius 2 is 1.68 bits per heavy atom. The van der Waals surface area contributed by atoms with Gasteiger partial charge in [-0.05, 0) is 13.3 Å². The van der Waals surface area contributed by atoms with Gasteiger partial charge < -0.3 is 24.1 Å². The molecule has 0 aromatic rings. The van der Waals surface area contributed by atoms with Crippen LogP contribution in [-0.4, -0.2) is 78.3 Å². The lowest BCUT2D eigenvalue weighted by molar-refractivity contribution is -0.167. The Morgan fingerprint density at radius 3 is 2.19 bits per heavy atom. The number of rotatable bonds is 13. The third-order valence-electron chi connectivity index (χ3n) is 4.78. The first-order valence-electron chi connectivity index (χ1n) is 10.1. The van der Waals surface area contributed by atoms with Crippen LogP contribution in [0.3, 0.4) is 0 Å². The number of amides is 1. The molecule has 18 heteroatoms. The van der Waals surface area contributed by atoms with Crippen molar-refractivity contribution < 1.29 is 43.2 Å². The number of nitrogens with zero attached hydrogens (tertiary/aromatic N) is 1. The van der Waals surface area contributed by atoms with Crippen molar-refractivity contribution in [3.05, 3.63) is 22.6 Å². The summed E-state index contributed by atoms with van der Waals surface area (Å²) in [5.41, 5.74) is -2.95. The molecule has 5 atom stereocenters. The highest BCUT2D eigenvalue weighted by Crippen LogP contribution is 2.63. The zero-order valence-electron chi connectivity index (χ0n) is 18.6.